The van der Waals surface area contributed by atoms with E-state index in [1.165, 1.54) is 5.57 Å². The van der Waals surface area contributed by atoms with Gasteiger partial charge in [0, 0.05) is 5.56 Å². The maximum Gasteiger partial charge on any atom is 0.167 e. The highest BCUT2D eigenvalue weighted by molar-refractivity contribution is 5.63. The molecule has 82 valence electrons. The van der Waals surface area contributed by atoms with Crippen molar-refractivity contribution in [2.24, 2.45) is 0 Å². The molecule has 15 heavy (non-hydrogen) atoms. The number of hydrogen-bond acceptors (Lipinski definition) is 2. The fraction of sp³-hybridized carbons (Fsp3) is 0.462. The number of rotatable bonds is 4. The fourth-order valence-electron chi connectivity index (χ4n) is 1.37. The van der Waals surface area contributed by atoms with Crippen LogP contribution in [0.2, 0.25) is 0 Å². The van der Waals surface area contributed by atoms with E-state index in [0.717, 1.165) is 23.4 Å². The molecular weight excluding hydrogens is 186 g/mol. The van der Waals surface area contributed by atoms with Crippen molar-refractivity contribution in [2.75, 3.05) is 0 Å². The Bertz CT molecular complexity index is 372. The molecule has 0 aliphatic carbocycles. The second-order valence-electron chi connectivity index (χ2n) is 4.05. The molecule has 0 unspecified atom stereocenters. The van der Waals surface area contributed by atoms with Gasteiger partial charge in [-0.3, -0.25) is 0 Å². The van der Waals surface area contributed by atoms with Gasteiger partial charge in [-0.2, -0.15) is 0 Å². The Morgan fingerprint density at radius 1 is 1.53 bits per heavy atom. The minimum Gasteiger partial charge on any atom is -0.356 e. The summed E-state index contributed by atoms with van der Waals surface area (Å²) >= 11 is 0. The molecule has 0 fully saturated rings. The normalized spacial score (nSPS) is 12.2. The Labute approximate surface area is 91.7 Å². The van der Waals surface area contributed by atoms with Crippen LogP contribution in [0.15, 0.2) is 16.7 Å². The van der Waals surface area contributed by atoms with E-state index in [2.05, 4.69) is 39.4 Å². The van der Waals surface area contributed by atoms with Gasteiger partial charge in [-0.25, -0.2) is 0 Å². The van der Waals surface area contributed by atoms with Gasteiger partial charge in [-0.1, -0.05) is 44.2 Å². The van der Waals surface area contributed by atoms with E-state index in [-0.39, 0.29) is 0 Å². The molecule has 0 saturated heterocycles. The summed E-state index contributed by atoms with van der Waals surface area (Å²) in [7, 11) is 0. The van der Waals surface area contributed by atoms with Crippen molar-refractivity contribution in [3.8, 4) is 0 Å². The first-order chi connectivity index (χ1) is 7.10. The van der Waals surface area contributed by atoms with Gasteiger partial charge in [-0.15, -0.1) is 0 Å². The lowest BCUT2D eigenvalue weighted by Crippen LogP contribution is -1.90. The molecule has 0 aliphatic rings. The van der Waals surface area contributed by atoms with Crippen molar-refractivity contribution in [1.29, 1.82) is 0 Å². The molecule has 0 N–H and O–H groups in total. The number of nitrogens with zero attached hydrogens (tertiary/aromatic N) is 1. The van der Waals surface area contributed by atoms with Crippen molar-refractivity contribution < 1.29 is 4.52 Å². The average Bonchev–Trinajstić information content (AvgIpc) is 2.60. The largest absolute Gasteiger partial charge is 0.356 e. The summed E-state index contributed by atoms with van der Waals surface area (Å²) in [5, 5.41) is 4.08. The summed E-state index contributed by atoms with van der Waals surface area (Å²) in [5.74, 6) is 1.19. The van der Waals surface area contributed by atoms with E-state index < -0.39 is 0 Å². The van der Waals surface area contributed by atoms with Gasteiger partial charge in [0.25, 0.3) is 0 Å². The molecule has 0 spiro atoms. The topological polar surface area (TPSA) is 26.0 Å². The van der Waals surface area contributed by atoms with Crippen molar-refractivity contribution in [2.45, 2.75) is 40.0 Å². The molecule has 2 heteroatoms. The molecule has 1 aromatic rings. The number of hydrogen-bond donors (Lipinski definition) is 0. The SMILES string of the molecule is C=Cc1c(C(C)C)noc1C=C(C)CC. The summed E-state index contributed by atoms with van der Waals surface area (Å²) in [6.07, 6.45) is 4.88. The summed E-state index contributed by atoms with van der Waals surface area (Å²) in [6.45, 7) is 12.2. The van der Waals surface area contributed by atoms with Crippen LogP contribution in [0.25, 0.3) is 12.2 Å². The summed E-state index contributed by atoms with van der Waals surface area (Å²) in [4.78, 5) is 0. The van der Waals surface area contributed by atoms with Crippen molar-refractivity contribution in [3.63, 3.8) is 0 Å². The Morgan fingerprint density at radius 3 is 2.67 bits per heavy atom. The average molecular weight is 205 g/mol. The van der Waals surface area contributed by atoms with Crippen LogP contribution in [0.1, 0.15) is 57.1 Å². The van der Waals surface area contributed by atoms with Gasteiger partial charge >= 0.3 is 0 Å². The Hall–Kier alpha value is -1.31. The molecule has 0 saturated carbocycles. The van der Waals surface area contributed by atoms with E-state index in [1.54, 1.807) is 0 Å². The van der Waals surface area contributed by atoms with E-state index >= 15 is 0 Å². The van der Waals surface area contributed by atoms with E-state index in [0.29, 0.717) is 5.92 Å². The zero-order chi connectivity index (χ0) is 11.4. The lowest BCUT2D eigenvalue weighted by molar-refractivity contribution is 0.401. The fourth-order valence-corrected chi connectivity index (χ4v) is 1.37. The Balaban J connectivity index is 3.15. The van der Waals surface area contributed by atoms with E-state index in [4.69, 9.17) is 4.52 Å². The number of allylic oxidation sites excluding steroid dienone is 1. The first-order valence-corrected chi connectivity index (χ1v) is 5.39. The first-order valence-electron chi connectivity index (χ1n) is 5.39. The smallest absolute Gasteiger partial charge is 0.167 e. The highest BCUT2D eigenvalue weighted by Gasteiger charge is 2.14. The van der Waals surface area contributed by atoms with Crippen LogP contribution in [0.3, 0.4) is 0 Å². The van der Waals surface area contributed by atoms with Crippen LogP contribution in [-0.2, 0) is 0 Å². The molecule has 0 aliphatic heterocycles. The van der Waals surface area contributed by atoms with E-state index in [1.807, 2.05) is 12.2 Å². The molecule has 1 aromatic heterocycles. The van der Waals surface area contributed by atoms with Crippen LogP contribution in [0.4, 0.5) is 0 Å². The molecule has 0 aromatic carbocycles. The lowest BCUT2D eigenvalue weighted by atomic mass is 10.0. The van der Waals surface area contributed by atoms with Crippen LogP contribution in [0, 0.1) is 0 Å². The summed E-state index contributed by atoms with van der Waals surface area (Å²) < 4.78 is 5.32. The van der Waals surface area contributed by atoms with Crippen LogP contribution in [-0.4, -0.2) is 5.16 Å². The molecule has 2 nitrogen and oxygen atoms in total. The molecule has 1 rings (SSSR count). The van der Waals surface area contributed by atoms with Crippen LogP contribution in [0.5, 0.6) is 0 Å². The Morgan fingerprint density at radius 2 is 2.20 bits per heavy atom. The minimum atomic E-state index is 0.367. The third-order valence-electron chi connectivity index (χ3n) is 2.47. The van der Waals surface area contributed by atoms with Crippen molar-refractivity contribution in [3.05, 3.63) is 29.2 Å². The maximum absolute atomic E-state index is 5.32. The Kier molecular flexibility index (Phi) is 3.89. The lowest BCUT2D eigenvalue weighted by Gasteiger charge is -1.99. The van der Waals surface area contributed by atoms with E-state index in [9.17, 15) is 0 Å². The van der Waals surface area contributed by atoms with Gasteiger partial charge in [0.05, 0.1) is 5.69 Å². The minimum absolute atomic E-state index is 0.367. The molecular formula is C13H19NO. The quantitative estimate of drug-likeness (QED) is 0.734. The van der Waals surface area contributed by atoms with Gasteiger partial charge in [0.2, 0.25) is 0 Å². The third-order valence-corrected chi connectivity index (χ3v) is 2.47. The zero-order valence-electron chi connectivity index (χ0n) is 10.0. The third kappa shape index (κ3) is 2.58. The van der Waals surface area contributed by atoms with Gasteiger partial charge in [0.1, 0.15) is 0 Å². The second-order valence-corrected chi connectivity index (χ2v) is 4.05. The molecule has 0 bridgehead atoms. The highest BCUT2D eigenvalue weighted by Crippen LogP contribution is 2.24. The number of aromatic nitrogens is 1. The monoisotopic (exact) mass is 205 g/mol. The molecule has 1 heterocycles. The second kappa shape index (κ2) is 4.96. The first kappa shape index (κ1) is 11.8. The maximum atomic E-state index is 5.32. The zero-order valence-corrected chi connectivity index (χ0v) is 10.0. The van der Waals surface area contributed by atoms with Crippen LogP contribution < -0.4 is 0 Å². The predicted molar refractivity (Wildman–Crippen MR) is 64.6 cm³/mol. The highest BCUT2D eigenvalue weighted by atomic mass is 16.5. The van der Waals surface area contributed by atoms with Gasteiger partial charge in [0.15, 0.2) is 5.76 Å². The van der Waals surface area contributed by atoms with Gasteiger partial charge < -0.3 is 4.52 Å². The van der Waals surface area contributed by atoms with Crippen molar-refractivity contribution in [1.82, 2.24) is 5.16 Å². The summed E-state index contributed by atoms with van der Waals surface area (Å²) in [5.41, 5.74) is 3.29. The van der Waals surface area contributed by atoms with Crippen LogP contribution >= 0.6 is 0 Å². The van der Waals surface area contributed by atoms with Gasteiger partial charge in [-0.05, 0) is 25.3 Å². The predicted octanol–water partition coefficient (Wildman–Crippen LogP) is 4.25. The molecule has 0 atom stereocenters. The molecule has 0 amide bonds. The molecule has 0 radical (unpaired) electrons. The standard InChI is InChI=1S/C13H19NO/c1-6-10(5)8-12-11(7-2)13(9(3)4)14-15-12/h7-9H,2,6H2,1,3-5H3. The summed E-state index contributed by atoms with van der Waals surface area (Å²) in [6, 6.07) is 0. The van der Waals surface area contributed by atoms with Crippen molar-refractivity contribution >= 4 is 12.2 Å².